The molecule has 0 unspecified atom stereocenters. The second kappa shape index (κ2) is 4.42. The molecule has 0 bridgehead atoms. The summed E-state index contributed by atoms with van der Waals surface area (Å²) in [7, 11) is 0. The van der Waals surface area contributed by atoms with Crippen LogP contribution in [0.1, 0.15) is 23.7 Å². The minimum absolute atomic E-state index is 0.151. The molecule has 0 saturated carbocycles. The van der Waals surface area contributed by atoms with Crippen LogP contribution in [0.15, 0.2) is 22.7 Å². The molecule has 0 spiro atoms. The lowest BCUT2D eigenvalue weighted by Crippen LogP contribution is -1.99. The first-order valence-electron chi connectivity index (χ1n) is 5.95. The van der Waals surface area contributed by atoms with Crippen molar-refractivity contribution in [3.05, 3.63) is 29.6 Å². The van der Waals surface area contributed by atoms with Gasteiger partial charge in [0.05, 0.1) is 12.2 Å². The molecular weight excluding hydrogens is 232 g/mol. The zero-order valence-corrected chi connectivity index (χ0v) is 10.1. The van der Waals surface area contributed by atoms with Crippen molar-refractivity contribution in [2.75, 3.05) is 13.2 Å². The van der Waals surface area contributed by atoms with Crippen molar-refractivity contribution >= 4 is 0 Å². The minimum atomic E-state index is 0.151. The summed E-state index contributed by atoms with van der Waals surface area (Å²) < 4.78 is 10.5. The van der Waals surface area contributed by atoms with E-state index >= 15 is 0 Å². The molecule has 1 saturated heterocycles. The summed E-state index contributed by atoms with van der Waals surface area (Å²) >= 11 is 0. The van der Waals surface area contributed by atoms with Crippen LogP contribution in [-0.4, -0.2) is 28.5 Å². The summed E-state index contributed by atoms with van der Waals surface area (Å²) in [4.78, 5) is 4.35. The number of aryl methyl sites for hydroxylation is 1. The van der Waals surface area contributed by atoms with Crippen LogP contribution in [0, 0.1) is 6.92 Å². The van der Waals surface area contributed by atoms with Gasteiger partial charge in [-0.3, -0.25) is 0 Å². The molecule has 1 atom stereocenters. The van der Waals surface area contributed by atoms with Crippen LogP contribution in [0.25, 0.3) is 11.5 Å². The Balaban J connectivity index is 1.94. The van der Waals surface area contributed by atoms with Crippen LogP contribution in [0.2, 0.25) is 0 Å². The third-order valence-corrected chi connectivity index (χ3v) is 3.12. The van der Waals surface area contributed by atoms with Gasteiger partial charge in [0.15, 0.2) is 5.82 Å². The molecule has 1 N–H and O–H groups in total. The Kier molecular flexibility index (Phi) is 2.76. The minimum Gasteiger partial charge on any atom is -0.507 e. The number of benzene rings is 1. The number of phenolic OH excluding ortho intramolecular Hbond substituents is 1. The largest absolute Gasteiger partial charge is 0.507 e. The molecule has 1 aromatic heterocycles. The Morgan fingerprint density at radius 1 is 1.39 bits per heavy atom. The summed E-state index contributed by atoms with van der Waals surface area (Å²) in [5, 5.41) is 13.8. The molecule has 1 fully saturated rings. The zero-order chi connectivity index (χ0) is 12.5. The first-order chi connectivity index (χ1) is 8.74. The van der Waals surface area contributed by atoms with Gasteiger partial charge in [-0.1, -0.05) is 16.8 Å². The van der Waals surface area contributed by atoms with Crippen molar-refractivity contribution in [3.63, 3.8) is 0 Å². The number of phenols is 1. The Bertz CT molecular complexity index is 559. The van der Waals surface area contributed by atoms with Crippen molar-refractivity contribution in [2.45, 2.75) is 19.3 Å². The molecule has 2 aromatic rings. The van der Waals surface area contributed by atoms with Crippen molar-refractivity contribution in [2.24, 2.45) is 0 Å². The first-order valence-corrected chi connectivity index (χ1v) is 5.95. The van der Waals surface area contributed by atoms with Crippen molar-refractivity contribution < 1.29 is 14.4 Å². The number of rotatable bonds is 2. The smallest absolute Gasteiger partial charge is 0.261 e. The maximum absolute atomic E-state index is 9.81. The predicted octanol–water partition coefficient (Wildman–Crippen LogP) is 2.25. The van der Waals surface area contributed by atoms with E-state index in [4.69, 9.17) is 9.26 Å². The Morgan fingerprint density at radius 2 is 2.28 bits per heavy atom. The molecule has 0 aliphatic carbocycles. The highest BCUT2D eigenvalue weighted by molar-refractivity contribution is 5.63. The fourth-order valence-corrected chi connectivity index (χ4v) is 2.07. The van der Waals surface area contributed by atoms with Gasteiger partial charge in [-0.15, -0.1) is 0 Å². The molecule has 94 valence electrons. The zero-order valence-electron chi connectivity index (χ0n) is 10.1. The molecule has 1 aliphatic rings. The molecule has 5 heteroatoms. The average molecular weight is 246 g/mol. The van der Waals surface area contributed by atoms with E-state index in [0.717, 1.165) is 18.6 Å². The van der Waals surface area contributed by atoms with Crippen LogP contribution in [0.3, 0.4) is 0 Å². The molecule has 3 rings (SSSR count). The molecule has 5 nitrogen and oxygen atoms in total. The Morgan fingerprint density at radius 3 is 3.06 bits per heavy atom. The highest BCUT2D eigenvalue weighted by Gasteiger charge is 2.24. The molecule has 0 amide bonds. The second-order valence-electron chi connectivity index (χ2n) is 4.54. The third-order valence-electron chi connectivity index (χ3n) is 3.12. The summed E-state index contributed by atoms with van der Waals surface area (Å²) in [5.41, 5.74) is 1.61. The van der Waals surface area contributed by atoms with Crippen LogP contribution >= 0.6 is 0 Å². The van der Waals surface area contributed by atoms with Gasteiger partial charge in [-0.25, -0.2) is 0 Å². The highest BCUT2D eigenvalue weighted by Crippen LogP contribution is 2.30. The van der Waals surface area contributed by atoms with Crippen LogP contribution in [0.4, 0.5) is 0 Å². The van der Waals surface area contributed by atoms with E-state index < -0.39 is 0 Å². The van der Waals surface area contributed by atoms with Crippen LogP contribution < -0.4 is 0 Å². The second-order valence-corrected chi connectivity index (χ2v) is 4.54. The molecule has 2 heterocycles. The number of aromatic hydroxyl groups is 1. The van der Waals surface area contributed by atoms with Crippen molar-refractivity contribution in [3.8, 4) is 17.2 Å². The maximum atomic E-state index is 9.81. The predicted molar refractivity (Wildman–Crippen MR) is 64.3 cm³/mol. The standard InChI is InChI=1S/C13H14N2O3/c1-8-2-3-11(16)10(6-8)13-14-12(15-18-13)9-4-5-17-7-9/h2-3,6,9,16H,4-5,7H2,1H3/t9-/m1/s1. The van der Waals surface area contributed by atoms with Gasteiger partial charge >= 0.3 is 0 Å². The van der Waals surface area contributed by atoms with Gasteiger partial charge in [0.25, 0.3) is 5.89 Å². The van der Waals surface area contributed by atoms with Gasteiger partial charge in [-0.2, -0.15) is 4.98 Å². The quantitative estimate of drug-likeness (QED) is 0.880. The molecule has 18 heavy (non-hydrogen) atoms. The van der Waals surface area contributed by atoms with Crippen molar-refractivity contribution in [1.82, 2.24) is 10.1 Å². The lowest BCUT2D eigenvalue weighted by Gasteiger charge is -2.00. The molecule has 1 aromatic carbocycles. The van der Waals surface area contributed by atoms with Crippen molar-refractivity contribution in [1.29, 1.82) is 0 Å². The molecular formula is C13H14N2O3. The number of nitrogens with zero attached hydrogens (tertiary/aromatic N) is 2. The summed E-state index contributed by atoms with van der Waals surface area (Å²) in [6.07, 6.45) is 0.915. The highest BCUT2D eigenvalue weighted by atomic mass is 16.5. The van der Waals surface area contributed by atoms with Crippen LogP contribution in [0.5, 0.6) is 5.75 Å². The van der Waals surface area contributed by atoms with E-state index in [1.165, 1.54) is 0 Å². The lowest BCUT2D eigenvalue weighted by molar-refractivity contribution is 0.192. The number of ether oxygens (including phenoxy) is 1. The van der Waals surface area contributed by atoms with E-state index in [0.29, 0.717) is 23.9 Å². The lowest BCUT2D eigenvalue weighted by atomic mass is 10.1. The summed E-state index contributed by atoms with van der Waals surface area (Å²) in [6, 6.07) is 5.30. The van der Waals surface area contributed by atoms with E-state index in [9.17, 15) is 5.11 Å². The summed E-state index contributed by atoms with van der Waals surface area (Å²) in [5.74, 6) is 1.37. The van der Waals surface area contributed by atoms with E-state index in [2.05, 4.69) is 10.1 Å². The first kappa shape index (κ1) is 11.2. The molecule has 1 aliphatic heterocycles. The fourth-order valence-electron chi connectivity index (χ4n) is 2.07. The van der Waals surface area contributed by atoms with Gasteiger partial charge in [0, 0.05) is 12.5 Å². The number of hydrogen-bond acceptors (Lipinski definition) is 5. The van der Waals surface area contributed by atoms with Crippen LogP contribution in [-0.2, 0) is 4.74 Å². The van der Waals surface area contributed by atoms with E-state index in [-0.39, 0.29) is 11.7 Å². The molecule has 0 radical (unpaired) electrons. The normalized spacial score (nSPS) is 19.3. The SMILES string of the molecule is Cc1ccc(O)c(-c2nc([C@@H]3CCOC3)no2)c1. The van der Waals surface area contributed by atoms with Gasteiger partial charge in [0.2, 0.25) is 0 Å². The van der Waals surface area contributed by atoms with E-state index in [1.54, 1.807) is 6.07 Å². The number of aromatic nitrogens is 2. The summed E-state index contributed by atoms with van der Waals surface area (Å²) in [6.45, 7) is 3.33. The van der Waals surface area contributed by atoms with Gasteiger partial charge < -0.3 is 14.4 Å². The topological polar surface area (TPSA) is 68.4 Å². The van der Waals surface area contributed by atoms with E-state index in [1.807, 2.05) is 19.1 Å². The third kappa shape index (κ3) is 1.97. The Hall–Kier alpha value is -1.88. The average Bonchev–Trinajstić information content (AvgIpc) is 3.00. The number of hydrogen-bond donors (Lipinski definition) is 1. The Labute approximate surface area is 104 Å². The fraction of sp³-hybridized carbons (Fsp3) is 0.385. The maximum Gasteiger partial charge on any atom is 0.261 e. The van der Waals surface area contributed by atoms with Gasteiger partial charge in [0.1, 0.15) is 5.75 Å². The van der Waals surface area contributed by atoms with Gasteiger partial charge in [-0.05, 0) is 25.5 Å². The monoisotopic (exact) mass is 246 g/mol.